The van der Waals surface area contributed by atoms with Crippen LogP contribution in [0.25, 0.3) is 0 Å². The van der Waals surface area contributed by atoms with Gasteiger partial charge in [-0.25, -0.2) is 0 Å². The fourth-order valence-corrected chi connectivity index (χ4v) is 1.66. The normalized spacial score (nSPS) is 16.6. The lowest BCUT2D eigenvalue weighted by molar-refractivity contribution is -0.121. The Balaban J connectivity index is 1.83. The third kappa shape index (κ3) is 3.47. The zero-order chi connectivity index (χ0) is 12.3. The van der Waals surface area contributed by atoms with Gasteiger partial charge in [0.15, 0.2) is 0 Å². The first-order chi connectivity index (χ1) is 8.19. The third-order valence-corrected chi connectivity index (χ3v) is 2.79. The largest absolute Gasteiger partial charge is 0.371 e. The molecule has 5 heteroatoms. The van der Waals surface area contributed by atoms with Gasteiger partial charge in [-0.2, -0.15) is 5.10 Å². The monoisotopic (exact) mass is 236 g/mol. The van der Waals surface area contributed by atoms with Gasteiger partial charge < -0.3 is 10.6 Å². The van der Waals surface area contributed by atoms with Gasteiger partial charge in [-0.3, -0.25) is 9.48 Å². The van der Waals surface area contributed by atoms with E-state index >= 15 is 0 Å². The molecular weight excluding hydrogens is 216 g/mol. The van der Waals surface area contributed by atoms with E-state index in [4.69, 9.17) is 0 Å². The molecule has 0 bridgehead atoms. The summed E-state index contributed by atoms with van der Waals surface area (Å²) in [6, 6.07) is 0.199. The SMILES string of the molecule is CCCn1cc(NC(C)C(=O)NC2CC2)cn1. The van der Waals surface area contributed by atoms with Gasteiger partial charge in [0.25, 0.3) is 0 Å². The van der Waals surface area contributed by atoms with E-state index in [1.807, 2.05) is 17.8 Å². The van der Waals surface area contributed by atoms with Gasteiger partial charge in [0.1, 0.15) is 6.04 Å². The predicted molar refractivity (Wildman–Crippen MR) is 66.8 cm³/mol. The van der Waals surface area contributed by atoms with Gasteiger partial charge in [-0.1, -0.05) is 6.92 Å². The number of carbonyl (C=O) groups is 1. The maximum absolute atomic E-state index is 11.7. The molecule has 94 valence electrons. The fraction of sp³-hybridized carbons (Fsp3) is 0.667. The maximum Gasteiger partial charge on any atom is 0.242 e. The first kappa shape index (κ1) is 12.0. The van der Waals surface area contributed by atoms with E-state index in [-0.39, 0.29) is 11.9 Å². The van der Waals surface area contributed by atoms with E-state index in [0.29, 0.717) is 6.04 Å². The lowest BCUT2D eigenvalue weighted by atomic mass is 10.3. The van der Waals surface area contributed by atoms with Crippen LogP contribution < -0.4 is 10.6 Å². The van der Waals surface area contributed by atoms with E-state index in [0.717, 1.165) is 31.5 Å². The molecule has 1 aliphatic rings. The minimum Gasteiger partial charge on any atom is -0.371 e. The number of amides is 1. The van der Waals surface area contributed by atoms with Crippen LogP contribution in [0.1, 0.15) is 33.1 Å². The summed E-state index contributed by atoms with van der Waals surface area (Å²) in [5.74, 6) is 0.0655. The first-order valence-corrected chi connectivity index (χ1v) is 6.28. The molecule has 1 saturated carbocycles. The number of nitrogens with zero attached hydrogens (tertiary/aromatic N) is 2. The average Bonchev–Trinajstić information content (AvgIpc) is 3.00. The molecule has 1 aromatic rings. The van der Waals surface area contributed by atoms with Crippen LogP contribution >= 0.6 is 0 Å². The Labute approximate surface area is 102 Å². The summed E-state index contributed by atoms with van der Waals surface area (Å²) < 4.78 is 1.88. The fourth-order valence-electron chi connectivity index (χ4n) is 1.66. The van der Waals surface area contributed by atoms with Gasteiger partial charge in [-0.05, 0) is 26.2 Å². The summed E-state index contributed by atoms with van der Waals surface area (Å²) in [6.07, 6.45) is 6.99. The van der Waals surface area contributed by atoms with Gasteiger partial charge >= 0.3 is 0 Å². The summed E-state index contributed by atoms with van der Waals surface area (Å²) in [5, 5.41) is 10.3. The van der Waals surface area contributed by atoms with Crippen LogP contribution in [-0.2, 0) is 11.3 Å². The quantitative estimate of drug-likeness (QED) is 0.784. The van der Waals surface area contributed by atoms with E-state index in [1.54, 1.807) is 6.20 Å². The number of aromatic nitrogens is 2. The lowest BCUT2D eigenvalue weighted by Crippen LogP contribution is -2.38. The van der Waals surface area contributed by atoms with Crippen LogP contribution in [0.3, 0.4) is 0 Å². The Morgan fingerprint density at radius 1 is 1.65 bits per heavy atom. The molecule has 1 atom stereocenters. The summed E-state index contributed by atoms with van der Waals surface area (Å²) in [6.45, 7) is 4.89. The number of aryl methyl sites for hydroxylation is 1. The molecule has 0 aliphatic heterocycles. The second-order valence-electron chi connectivity index (χ2n) is 4.64. The predicted octanol–water partition coefficient (Wildman–Crippen LogP) is 1.37. The molecule has 2 N–H and O–H groups in total. The molecule has 0 aromatic carbocycles. The molecule has 1 amide bonds. The van der Waals surface area contributed by atoms with Crippen LogP contribution in [0.15, 0.2) is 12.4 Å². The Morgan fingerprint density at radius 3 is 3.06 bits per heavy atom. The highest BCUT2D eigenvalue weighted by molar-refractivity contribution is 5.84. The number of rotatable bonds is 6. The molecule has 1 unspecified atom stereocenters. The van der Waals surface area contributed by atoms with Crippen molar-refractivity contribution < 1.29 is 4.79 Å². The van der Waals surface area contributed by atoms with Crippen LogP contribution in [0.4, 0.5) is 5.69 Å². The second-order valence-corrected chi connectivity index (χ2v) is 4.64. The molecule has 2 rings (SSSR count). The Hall–Kier alpha value is -1.52. The number of nitrogens with one attached hydrogen (secondary N) is 2. The van der Waals surface area contributed by atoms with Gasteiger partial charge in [0.2, 0.25) is 5.91 Å². The number of carbonyl (C=O) groups excluding carboxylic acids is 1. The summed E-state index contributed by atoms with van der Waals surface area (Å²) in [5.41, 5.74) is 0.900. The van der Waals surface area contributed by atoms with E-state index in [2.05, 4.69) is 22.7 Å². The standard InChI is InChI=1S/C12H20N4O/c1-3-6-16-8-11(7-13-16)14-9(2)12(17)15-10-4-5-10/h7-10,14H,3-6H2,1-2H3,(H,15,17). The molecule has 5 nitrogen and oxygen atoms in total. The summed E-state index contributed by atoms with van der Waals surface area (Å²) in [7, 11) is 0. The highest BCUT2D eigenvalue weighted by Crippen LogP contribution is 2.19. The van der Waals surface area contributed by atoms with Crippen LogP contribution in [0, 0.1) is 0 Å². The van der Waals surface area contributed by atoms with Crippen LogP contribution in [0.5, 0.6) is 0 Å². The van der Waals surface area contributed by atoms with E-state index < -0.39 is 0 Å². The van der Waals surface area contributed by atoms with Crippen molar-refractivity contribution in [2.75, 3.05) is 5.32 Å². The zero-order valence-corrected chi connectivity index (χ0v) is 10.4. The highest BCUT2D eigenvalue weighted by atomic mass is 16.2. The minimum absolute atomic E-state index is 0.0655. The Morgan fingerprint density at radius 2 is 2.41 bits per heavy atom. The topological polar surface area (TPSA) is 59.0 Å². The average molecular weight is 236 g/mol. The van der Waals surface area contributed by atoms with Crippen molar-refractivity contribution in [2.45, 2.75) is 51.7 Å². The van der Waals surface area contributed by atoms with E-state index in [9.17, 15) is 4.79 Å². The summed E-state index contributed by atoms with van der Waals surface area (Å²) in [4.78, 5) is 11.7. The number of anilines is 1. The number of hydrogen-bond acceptors (Lipinski definition) is 3. The Kier molecular flexibility index (Phi) is 3.66. The highest BCUT2D eigenvalue weighted by Gasteiger charge is 2.25. The molecule has 1 heterocycles. The smallest absolute Gasteiger partial charge is 0.242 e. The van der Waals surface area contributed by atoms with Crippen molar-refractivity contribution in [1.82, 2.24) is 15.1 Å². The molecule has 0 saturated heterocycles. The maximum atomic E-state index is 11.7. The van der Waals surface area contributed by atoms with Crippen molar-refractivity contribution in [3.8, 4) is 0 Å². The van der Waals surface area contributed by atoms with Crippen molar-refractivity contribution in [3.05, 3.63) is 12.4 Å². The van der Waals surface area contributed by atoms with Gasteiger partial charge in [0.05, 0.1) is 11.9 Å². The first-order valence-electron chi connectivity index (χ1n) is 6.28. The third-order valence-electron chi connectivity index (χ3n) is 2.79. The van der Waals surface area contributed by atoms with Crippen molar-refractivity contribution in [1.29, 1.82) is 0 Å². The molecule has 17 heavy (non-hydrogen) atoms. The van der Waals surface area contributed by atoms with Crippen LogP contribution in [-0.4, -0.2) is 27.8 Å². The number of hydrogen-bond donors (Lipinski definition) is 2. The van der Waals surface area contributed by atoms with Crippen molar-refractivity contribution in [3.63, 3.8) is 0 Å². The van der Waals surface area contributed by atoms with Crippen LogP contribution in [0.2, 0.25) is 0 Å². The zero-order valence-electron chi connectivity index (χ0n) is 10.4. The van der Waals surface area contributed by atoms with Gasteiger partial charge in [-0.15, -0.1) is 0 Å². The molecule has 1 aliphatic carbocycles. The summed E-state index contributed by atoms with van der Waals surface area (Å²) >= 11 is 0. The van der Waals surface area contributed by atoms with Crippen molar-refractivity contribution >= 4 is 11.6 Å². The molecule has 0 radical (unpaired) electrons. The van der Waals surface area contributed by atoms with E-state index in [1.165, 1.54) is 0 Å². The molecular formula is C12H20N4O. The minimum atomic E-state index is -0.213. The Bertz CT molecular complexity index is 384. The molecule has 1 aromatic heterocycles. The molecule has 0 spiro atoms. The lowest BCUT2D eigenvalue weighted by Gasteiger charge is -2.13. The second kappa shape index (κ2) is 5.21. The molecule has 1 fully saturated rings. The van der Waals surface area contributed by atoms with Gasteiger partial charge in [0, 0.05) is 18.8 Å². The van der Waals surface area contributed by atoms with Crippen molar-refractivity contribution in [2.24, 2.45) is 0 Å².